The van der Waals surface area contributed by atoms with E-state index in [1.807, 2.05) is 0 Å². The topological polar surface area (TPSA) is 69.4 Å². The third-order valence-electron chi connectivity index (χ3n) is 3.06. The summed E-state index contributed by atoms with van der Waals surface area (Å²) in [6, 6.07) is 6.19. The second-order valence-corrected chi connectivity index (χ2v) is 6.49. The molecule has 0 saturated heterocycles. The van der Waals surface area contributed by atoms with Crippen LogP contribution in [0.3, 0.4) is 0 Å². The molecule has 0 heterocycles. The molecule has 5 heteroatoms. The molecule has 1 aromatic rings. The largest absolute Gasteiger partial charge is 0.497 e. The van der Waals surface area contributed by atoms with Gasteiger partial charge in [-0.25, -0.2) is 8.42 Å². The van der Waals surface area contributed by atoms with E-state index in [0.717, 1.165) is 12.8 Å². The van der Waals surface area contributed by atoms with Crippen LogP contribution in [-0.4, -0.2) is 27.3 Å². The normalized spacial score (nSPS) is 17.8. The summed E-state index contributed by atoms with van der Waals surface area (Å²) in [5.74, 6) is 1.07. The number of sulfone groups is 1. The van der Waals surface area contributed by atoms with Crippen LogP contribution in [0.5, 0.6) is 5.75 Å². The van der Waals surface area contributed by atoms with Crippen molar-refractivity contribution in [3.05, 3.63) is 24.3 Å². The Morgan fingerprint density at radius 2 is 1.94 bits per heavy atom. The van der Waals surface area contributed by atoms with Crippen molar-refractivity contribution in [1.29, 1.82) is 0 Å². The second kappa shape index (κ2) is 4.66. The van der Waals surface area contributed by atoms with Crippen LogP contribution in [0.2, 0.25) is 0 Å². The van der Waals surface area contributed by atoms with E-state index < -0.39 is 9.84 Å². The Kier molecular flexibility index (Phi) is 3.40. The van der Waals surface area contributed by atoms with Crippen molar-refractivity contribution in [3.63, 3.8) is 0 Å². The van der Waals surface area contributed by atoms with Gasteiger partial charge in [0.05, 0.1) is 17.8 Å². The molecule has 1 unspecified atom stereocenters. The number of hydrogen-bond donors (Lipinski definition) is 1. The van der Waals surface area contributed by atoms with Crippen LogP contribution >= 0.6 is 0 Å². The van der Waals surface area contributed by atoms with Gasteiger partial charge in [0.2, 0.25) is 0 Å². The molecular weight excluding hydrogens is 238 g/mol. The molecule has 4 nitrogen and oxygen atoms in total. The van der Waals surface area contributed by atoms with Crippen LogP contribution < -0.4 is 10.5 Å². The molecule has 17 heavy (non-hydrogen) atoms. The van der Waals surface area contributed by atoms with E-state index in [1.54, 1.807) is 31.4 Å². The van der Waals surface area contributed by atoms with E-state index in [1.165, 1.54) is 0 Å². The molecule has 1 aromatic carbocycles. The van der Waals surface area contributed by atoms with Gasteiger partial charge >= 0.3 is 0 Å². The first-order chi connectivity index (χ1) is 8.03. The highest BCUT2D eigenvalue weighted by Crippen LogP contribution is 2.32. The molecule has 0 bridgehead atoms. The molecule has 1 aliphatic carbocycles. The fraction of sp³-hybridized carbons (Fsp3) is 0.500. The molecule has 0 spiro atoms. The van der Waals surface area contributed by atoms with Gasteiger partial charge in [0, 0.05) is 6.04 Å². The lowest BCUT2D eigenvalue weighted by Crippen LogP contribution is -2.31. The number of methoxy groups -OCH3 is 1. The minimum absolute atomic E-state index is 0.0317. The second-order valence-electron chi connectivity index (χ2n) is 4.46. The van der Waals surface area contributed by atoms with Crippen molar-refractivity contribution in [2.75, 3.05) is 12.9 Å². The summed E-state index contributed by atoms with van der Waals surface area (Å²) in [6.45, 7) is 0. The van der Waals surface area contributed by atoms with Crippen LogP contribution in [0, 0.1) is 5.92 Å². The molecule has 1 atom stereocenters. The van der Waals surface area contributed by atoms with Crippen LogP contribution in [0.15, 0.2) is 29.2 Å². The number of benzene rings is 1. The minimum atomic E-state index is -3.27. The highest BCUT2D eigenvalue weighted by atomic mass is 32.2. The van der Waals surface area contributed by atoms with Gasteiger partial charge in [-0.1, -0.05) is 0 Å². The predicted octanol–water partition coefficient (Wildman–Crippen LogP) is 1.21. The van der Waals surface area contributed by atoms with Gasteiger partial charge < -0.3 is 10.5 Å². The van der Waals surface area contributed by atoms with Gasteiger partial charge in [-0.15, -0.1) is 0 Å². The Bertz CT molecular complexity index is 477. The molecule has 0 aliphatic heterocycles. The zero-order valence-electron chi connectivity index (χ0n) is 9.80. The first-order valence-electron chi connectivity index (χ1n) is 5.65. The van der Waals surface area contributed by atoms with Crippen molar-refractivity contribution in [2.45, 2.75) is 23.8 Å². The maximum atomic E-state index is 12.1. The fourth-order valence-corrected chi connectivity index (χ4v) is 3.32. The zero-order valence-corrected chi connectivity index (χ0v) is 10.6. The first kappa shape index (κ1) is 12.4. The van der Waals surface area contributed by atoms with E-state index in [4.69, 9.17) is 10.5 Å². The van der Waals surface area contributed by atoms with Crippen molar-refractivity contribution < 1.29 is 13.2 Å². The Morgan fingerprint density at radius 1 is 1.35 bits per heavy atom. The molecule has 0 amide bonds. The highest BCUT2D eigenvalue weighted by Gasteiger charge is 2.32. The minimum Gasteiger partial charge on any atom is -0.497 e. The van der Waals surface area contributed by atoms with Crippen LogP contribution in [0.4, 0.5) is 0 Å². The molecule has 1 aliphatic rings. The third-order valence-corrected chi connectivity index (χ3v) is 4.87. The lowest BCUT2D eigenvalue weighted by Gasteiger charge is -2.11. The summed E-state index contributed by atoms with van der Waals surface area (Å²) in [6.07, 6.45) is 2.11. The van der Waals surface area contributed by atoms with Gasteiger partial charge in [0.25, 0.3) is 0 Å². The Labute approximate surface area is 102 Å². The average Bonchev–Trinajstić information content (AvgIpc) is 3.12. The summed E-state index contributed by atoms with van der Waals surface area (Å²) < 4.78 is 29.1. The van der Waals surface area contributed by atoms with Gasteiger partial charge in [-0.05, 0) is 43.0 Å². The standard InChI is InChI=1S/C12H17NO3S/c1-16-10-4-6-11(7-5-10)17(14,15)8-12(13)9-2-3-9/h4-7,9,12H,2-3,8,13H2,1H3. The van der Waals surface area contributed by atoms with Crippen LogP contribution in [0.1, 0.15) is 12.8 Å². The summed E-state index contributed by atoms with van der Waals surface area (Å²) in [4.78, 5) is 0.314. The van der Waals surface area contributed by atoms with Crippen molar-refractivity contribution in [3.8, 4) is 5.75 Å². The summed E-state index contributed by atoms with van der Waals surface area (Å²) in [7, 11) is -1.72. The van der Waals surface area contributed by atoms with E-state index in [2.05, 4.69) is 0 Å². The number of rotatable bonds is 5. The highest BCUT2D eigenvalue weighted by molar-refractivity contribution is 7.91. The average molecular weight is 255 g/mol. The number of ether oxygens (including phenoxy) is 1. The summed E-state index contributed by atoms with van der Waals surface area (Å²) in [5.41, 5.74) is 5.85. The maximum absolute atomic E-state index is 12.1. The van der Waals surface area contributed by atoms with E-state index in [-0.39, 0.29) is 11.8 Å². The summed E-state index contributed by atoms with van der Waals surface area (Å²) >= 11 is 0. The Balaban J connectivity index is 2.12. The smallest absolute Gasteiger partial charge is 0.179 e. The van der Waals surface area contributed by atoms with Gasteiger partial charge in [0.1, 0.15) is 5.75 Å². The van der Waals surface area contributed by atoms with E-state index in [9.17, 15) is 8.42 Å². The monoisotopic (exact) mass is 255 g/mol. The van der Waals surface area contributed by atoms with Crippen molar-refractivity contribution in [1.82, 2.24) is 0 Å². The SMILES string of the molecule is COc1ccc(S(=O)(=O)CC(N)C2CC2)cc1. The molecule has 0 aromatic heterocycles. The third kappa shape index (κ3) is 2.98. The molecule has 1 saturated carbocycles. The molecule has 2 rings (SSSR count). The lowest BCUT2D eigenvalue weighted by atomic mass is 10.2. The fourth-order valence-electron chi connectivity index (χ4n) is 1.79. The molecular formula is C12H17NO3S. The molecule has 94 valence electrons. The first-order valence-corrected chi connectivity index (χ1v) is 7.30. The van der Waals surface area contributed by atoms with Crippen molar-refractivity contribution in [2.24, 2.45) is 11.7 Å². The van der Waals surface area contributed by atoms with Crippen LogP contribution in [-0.2, 0) is 9.84 Å². The lowest BCUT2D eigenvalue weighted by molar-refractivity contribution is 0.414. The molecule has 1 fully saturated rings. The predicted molar refractivity (Wildman–Crippen MR) is 65.7 cm³/mol. The maximum Gasteiger partial charge on any atom is 0.179 e. The Morgan fingerprint density at radius 3 is 2.41 bits per heavy atom. The quantitative estimate of drug-likeness (QED) is 0.858. The van der Waals surface area contributed by atoms with Crippen LogP contribution in [0.25, 0.3) is 0 Å². The number of hydrogen-bond acceptors (Lipinski definition) is 4. The van der Waals surface area contributed by atoms with Crippen molar-refractivity contribution >= 4 is 9.84 Å². The van der Waals surface area contributed by atoms with Gasteiger partial charge in [0.15, 0.2) is 9.84 Å². The molecule has 0 radical (unpaired) electrons. The summed E-state index contributed by atoms with van der Waals surface area (Å²) in [5, 5.41) is 0. The Hall–Kier alpha value is -1.07. The van der Waals surface area contributed by atoms with Gasteiger partial charge in [-0.2, -0.15) is 0 Å². The van der Waals surface area contributed by atoms with Gasteiger partial charge in [-0.3, -0.25) is 0 Å². The molecule has 2 N–H and O–H groups in total. The van der Waals surface area contributed by atoms with E-state index >= 15 is 0 Å². The van der Waals surface area contributed by atoms with E-state index in [0.29, 0.717) is 16.6 Å². The zero-order chi connectivity index (χ0) is 12.5. The number of nitrogens with two attached hydrogens (primary N) is 1.